The smallest absolute Gasteiger partial charge is 0.351 e. The Bertz CT molecular complexity index is 467. The number of urea groups is 1. The molecule has 0 radical (unpaired) electrons. The molecule has 2 fully saturated rings. The number of carbonyl (C=O) groups is 3. The summed E-state index contributed by atoms with van der Waals surface area (Å²) in [6.45, 7) is -0.505. The van der Waals surface area contributed by atoms with Gasteiger partial charge >= 0.3 is 12.2 Å². The SMILES string of the molecule is CN1C[C@@H](NC(=O)CN2C(=O)CNC2=O)CC[C@@H]1C(F)(F)F. The Morgan fingerprint density at radius 1 is 1.36 bits per heavy atom. The average Bonchev–Trinajstić information content (AvgIpc) is 2.69. The molecule has 0 spiro atoms. The van der Waals surface area contributed by atoms with Crippen LogP contribution in [0.2, 0.25) is 0 Å². The number of alkyl halides is 3. The van der Waals surface area contributed by atoms with Crippen LogP contribution in [0.1, 0.15) is 12.8 Å². The molecule has 22 heavy (non-hydrogen) atoms. The first kappa shape index (κ1) is 16.5. The summed E-state index contributed by atoms with van der Waals surface area (Å²) in [5.41, 5.74) is 0. The first-order valence-electron chi connectivity index (χ1n) is 6.83. The van der Waals surface area contributed by atoms with Gasteiger partial charge in [-0.1, -0.05) is 0 Å². The molecule has 0 aliphatic carbocycles. The van der Waals surface area contributed by atoms with Gasteiger partial charge in [-0.15, -0.1) is 0 Å². The van der Waals surface area contributed by atoms with Crippen LogP contribution >= 0.6 is 0 Å². The molecular weight excluding hydrogens is 305 g/mol. The van der Waals surface area contributed by atoms with E-state index in [9.17, 15) is 27.6 Å². The Labute approximate surface area is 124 Å². The second kappa shape index (κ2) is 6.11. The summed E-state index contributed by atoms with van der Waals surface area (Å²) < 4.78 is 38.2. The van der Waals surface area contributed by atoms with E-state index in [1.807, 2.05) is 0 Å². The van der Waals surface area contributed by atoms with Crippen molar-refractivity contribution >= 4 is 17.8 Å². The fourth-order valence-electron chi connectivity index (χ4n) is 2.71. The molecule has 2 aliphatic rings. The Morgan fingerprint density at radius 2 is 2.05 bits per heavy atom. The Hall–Kier alpha value is -1.84. The Morgan fingerprint density at radius 3 is 2.55 bits per heavy atom. The van der Waals surface area contributed by atoms with Crippen molar-refractivity contribution in [3.63, 3.8) is 0 Å². The van der Waals surface area contributed by atoms with Gasteiger partial charge in [-0.2, -0.15) is 13.2 Å². The summed E-state index contributed by atoms with van der Waals surface area (Å²) in [5.74, 6) is -1.06. The zero-order chi connectivity index (χ0) is 16.5. The second-order valence-electron chi connectivity index (χ2n) is 5.48. The van der Waals surface area contributed by atoms with E-state index in [0.717, 1.165) is 9.80 Å². The molecule has 0 aromatic heterocycles. The highest BCUT2D eigenvalue weighted by atomic mass is 19.4. The molecule has 2 saturated heterocycles. The van der Waals surface area contributed by atoms with Gasteiger partial charge in [0.25, 0.3) is 5.91 Å². The number of hydrogen-bond donors (Lipinski definition) is 2. The molecule has 10 heteroatoms. The fourth-order valence-corrected chi connectivity index (χ4v) is 2.71. The summed E-state index contributed by atoms with van der Waals surface area (Å²) in [7, 11) is 1.36. The summed E-state index contributed by atoms with van der Waals surface area (Å²) in [5, 5.41) is 4.85. The molecule has 2 aliphatic heterocycles. The number of carbonyl (C=O) groups excluding carboxylic acids is 3. The quantitative estimate of drug-likeness (QED) is 0.698. The average molecular weight is 322 g/mol. The molecule has 2 rings (SSSR count). The van der Waals surface area contributed by atoms with E-state index in [2.05, 4.69) is 10.6 Å². The first-order chi connectivity index (χ1) is 10.2. The minimum Gasteiger partial charge on any atom is -0.351 e. The summed E-state index contributed by atoms with van der Waals surface area (Å²) in [6, 6.07) is -2.58. The van der Waals surface area contributed by atoms with Crippen molar-refractivity contribution in [3.05, 3.63) is 0 Å². The normalized spacial score (nSPS) is 27.0. The van der Waals surface area contributed by atoms with Crippen molar-refractivity contribution in [2.24, 2.45) is 0 Å². The van der Waals surface area contributed by atoms with Crippen molar-refractivity contribution in [2.45, 2.75) is 31.1 Å². The molecule has 4 amide bonds. The zero-order valence-electron chi connectivity index (χ0n) is 11.9. The van der Waals surface area contributed by atoms with Gasteiger partial charge in [0.2, 0.25) is 5.91 Å². The van der Waals surface area contributed by atoms with E-state index in [1.165, 1.54) is 7.05 Å². The van der Waals surface area contributed by atoms with Crippen molar-refractivity contribution in [2.75, 3.05) is 26.7 Å². The van der Waals surface area contributed by atoms with Crippen LogP contribution in [0.25, 0.3) is 0 Å². The van der Waals surface area contributed by atoms with E-state index < -0.39 is 42.7 Å². The minimum atomic E-state index is -4.29. The lowest BCUT2D eigenvalue weighted by Crippen LogP contribution is -2.55. The maximum atomic E-state index is 12.7. The monoisotopic (exact) mass is 322 g/mol. The molecule has 7 nitrogen and oxygen atoms in total. The molecule has 0 unspecified atom stereocenters. The lowest BCUT2D eigenvalue weighted by molar-refractivity contribution is -0.188. The standard InChI is InChI=1S/C12H17F3N4O3/c1-18-5-7(2-3-8(18)12(13,14)15)17-9(20)6-19-10(21)4-16-11(19)22/h7-8H,2-6H2,1H3,(H,16,22)(H,17,20)/t7-,8+/m0/s1. The number of imide groups is 1. The molecule has 2 N–H and O–H groups in total. The van der Waals surface area contributed by atoms with Gasteiger partial charge in [0.05, 0.1) is 6.54 Å². The van der Waals surface area contributed by atoms with Gasteiger partial charge in [0.15, 0.2) is 0 Å². The van der Waals surface area contributed by atoms with Crippen molar-refractivity contribution < 1.29 is 27.6 Å². The van der Waals surface area contributed by atoms with Gasteiger partial charge in [0, 0.05) is 12.6 Å². The highest BCUT2D eigenvalue weighted by Gasteiger charge is 2.45. The number of amides is 4. The first-order valence-corrected chi connectivity index (χ1v) is 6.83. The highest BCUT2D eigenvalue weighted by Crippen LogP contribution is 2.30. The van der Waals surface area contributed by atoms with Crippen molar-refractivity contribution in [3.8, 4) is 0 Å². The van der Waals surface area contributed by atoms with Gasteiger partial charge in [-0.25, -0.2) is 4.79 Å². The Balaban J connectivity index is 1.84. The second-order valence-corrected chi connectivity index (χ2v) is 5.48. The molecule has 0 bridgehead atoms. The topological polar surface area (TPSA) is 81.8 Å². The third-order valence-corrected chi connectivity index (χ3v) is 3.81. The molecule has 0 aromatic carbocycles. The largest absolute Gasteiger partial charge is 0.404 e. The van der Waals surface area contributed by atoms with Crippen LogP contribution in [0.15, 0.2) is 0 Å². The molecule has 2 heterocycles. The van der Waals surface area contributed by atoms with Crippen LogP contribution in [-0.2, 0) is 9.59 Å². The van der Waals surface area contributed by atoms with E-state index in [4.69, 9.17) is 0 Å². The van der Waals surface area contributed by atoms with Crippen LogP contribution in [0.4, 0.5) is 18.0 Å². The predicted molar refractivity (Wildman–Crippen MR) is 68.7 cm³/mol. The number of piperidine rings is 1. The summed E-state index contributed by atoms with van der Waals surface area (Å²) in [4.78, 5) is 36.4. The molecule has 124 valence electrons. The number of rotatable bonds is 3. The van der Waals surface area contributed by atoms with Crippen LogP contribution in [0.5, 0.6) is 0 Å². The maximum Gasteiger partial charge on any atom is 0.404 e. The molecule has 2 atom stereocenters. The number of likely N-dealkylation sites (N-methyl/N-ethyl adjacent to an activating group) is 1. The summed E-state index contributed by atoms with van der Waals surface area (Å²) >= 11 is 0. The fraction of sp³-hybridized carbons (Fsp3) is 0.750. The number of likely N-dealkylation sites (tertiary alicyclic amines) is 1. The van der Waals surface area contributed by atoms with E-state index >= 15 is 0 Å². The number of nitrogens with one attached hydrogen (secondary N) is 2. The summed E-state index contributed by atoms with van der Waals surface area (Å²) in [6.07, 6.45) is -4.20. The van der Waals surface area contributed by atoms with E-state index in [1.54, 1.807) is 0 Å². The van der Waals surface area contributed by atoms with Crippen molar-refractivity contribution in [1.29, 1.82) is 0 Å². The third kappa shape index (κ3) is 3.67. The van der Waals surface area contributed by atoms with Gasteiger partial charge in [-0.05, 0) is 19.9 Å². The highest BCUT2D eigenvalue weighted by molar-refractivity contribution is 6.04. The van der Waals surface area contributed by atoms with Crippen molar-refractivity contribution in [1.82, 2.24) is 20.4 Å². The van der Waals surface area contributed by atoms with Gasteiger partial charge in [0.1, 0.15) is 12.6 Å². The molecule has 0 saturated carbocycles. The maximum absolute atomic E-state index is 12.7. The lowest BCUT2D eigenvalue weighted by Gasteiger charge is -2.38. The Kier molecular flexibility index (Phi) is 4.59. The van der Waals surface area contributed by atoms with Crippen LogP contribution < -0.4 is 10.6 Å². The third-order valence-electron chi connectivity index (χ3n) is 3.81. The molecular formula is C12H17F3N4O3. The molecule has 0 aromatic rings. The van der Waals surface area contributed by atoms with E-state index in [0.29, 0.717) is 0 Å². The zero-order valence-corrected chi connectivity index (χ0v) is 11.9. The predicted octanol–water partition coefficient (Wildman–Crippen LogP) is -0.320. The number of halogens is 3. The van der Waals surface area contributed by atoms with Crippen LogP contribution in [0.3, 0.4) is 0 Å². The van der Waals surface area contributed by atoms with Crippen LogP contribution in [-0.4, -0.2) is 72.6 Å². The lowest BCUT2D eigenvalue weighted by atomic mass is 9.98. The van der Waals surface area contributed by atoms with Crippen LogP contribution in [0, 0.1) is 0 Å². The number of nitrogens with zero attached hydrogens (tertiary/aromatic N) is 2. The van der Waals surface area contributed by atoms with Gasteiger partial charge in [-0.3, -0.25) is 19.4 Å². The van der Waals surface area contributed by atoms with E-state index in [-0.39, 0.29) is 25.9 Å². The van der Waals surface area contributed by atoms with Gasteiger partial charge < -0.3 is 10.6 Å². The number of hydrogen-bond acceptors (Lipinski definition) is 4. The minimum absolute atomic E-state index is 0.0655.